The van der Waals surface area contributed by atoms with Gasteiger partial charge in [-0.05, 0) is 55.0 Å². The van der Waals surface area contributed by atoms with Crippen LogP contribution in [0, 0.1) is 34.0 Å². The lowest BCUT2D eigenvalue weighted by atomic mass is 9.96. The van der Waals surface area contributed by atoms with Gasteiger partial charge in [0.15, 0.2) is 18.1 Å². The number of amides is 1. The molecular formula is C22H18N4O3S. The number of nitriles is 3. The van der Waals surface area contributed by atoms with Crippen molar-refractivity contribution in [3.05, 3.63) is 45.3 Å². The number of carbonyl (C=O) groups is 1. The molecule has 3 rings (SSSR count). The summed E-state index contributed by atoms with van der Waals surface area (Å²) in [6.07, 6.45) is 5.29. The van der Waals surface area contributed by atoms with Crippen molar-refractivity contribution in [1.82, 2.24) is 0 Å². The first-order chi connectivity index (χ1) is 14.6. The van der Waals surface area contributed by atoms with Gasteiger partial charge in [-0.1, -0.05) is 6.07 Å². The van der Waals surface area contributed by atoms with Crippen LogP contribution in [0.1, 0.15) is 34.4 Å². The lowest BCUT2D eigenvalue weighted by Crippen LogP contribution is -2.13. The minimum absolute atomic E-state index is 0.0991. The van der Waals surface area contributed by atoms with E-state index in [0.717, 1.165) is 36.1 Å². The quantitative estimate of drug-likeness (QED) is 0.560. The van der Waals surface area contributed by atoms with Crippen molar-refractivity contribution in [2.75, 3.05) is 19.0 Å². The number of fused-ring (bicyclic) bond motifs is 1. The molecule has 1 aliphatic rings. The Morgan fingerprint density at radius 1 is 1.23 bits per heavy atom. The molecule has 1 aliphatic carbocycles. The summed E-state index contributed by atoms with van der Waals surface area (Å²) in [4.78, 5) is 13.8. The summed E-state index contributed by atoms with van der Waals surface area (Å²) in [7, 11) is 1.46. The summed E-state index contributed by atoms with van der Waals surface area (Å²) in [6.45, 7) is -0.122. The van der Waals surface area contributed by atoms with Crippen LogP contribution in [0.4, 0.5) is 5.00 Å². The zero-order chi connectivity index (χ0) is 21.5. The number of nitrogens with one attached hydrogen (secondary N) is 1. The summed E-state index contributed by atoms with van der Waals surface area (Å²) in [5.41, 5.74) is 1.98. The minimum Gasteiger partial charge on any atom is -0.493 e. The molecule has 8 heteroatoms. The first-order valence-electron chi connectivity index (χ1n) is 9.26. The molecule has 0 saturated carbocycles. The van der Waals surface area contributed by atoms with Gasteiger partial charge in [-0.25, -0.2) is 0 Å². The molecule has 0 radical (unpaired) electrons. The zero-order valence-corrected chi connectivity index (χ0v) is 17.1. The van der Waals surface area contributed by atoms with E-state index in [1.807, 2.05) is 12.1 Å². The van der Waals surface area contributed by atoms with Gasteiger partial charge in [0.2, 0.25) is 0 Å². The van der Waals surface area contributed by atoms with E-state index in [0.29, 0.717) is 27.6 Å². The fourth-order valence-electron chi connectivity index (χ4n) is 3.26. The Balaban J connectivity index is 1.84. The number of hydrogen-bond donors (Lipinski definition) is 1. The van der Waals surface area contributed by atoms with Gasteiger partial charge in [0.25, 0.3) is 5.91 Å². The zero-order valence-electron chi connectivity index (χ0n) is 16.3. The molecule has 30 heavy (non-hydrogen) atoms. The molecule has 1 heterocycles. The molecule has 1 aromatic heterocycles. The monoisotopic (exact) mass is 418 g/mol. The predicted molar refractivity (Wildman–Crippen MR) is 112 cm³/mol. The summed E-state index contributed by atoms with van der Waals surface area (Å²) in [5.74, 6) is 0.202. The molecule has 150 valence electrons. The van der Waals surface area contributed by atoms with Crippen LogP contribution in [0.3, 0.4) is 0 Å². The number of hydrogen-bond acceptors (Lipinski definition) is 7. The third-order valence-corrected chi connectivity index (χ3v) is 5.87. The Kier molecular flexibility index (Phi) is 6.70. The van der Waals surface area contributed by atoms with Crippen LogP contribution in [-0.2, 0) is 17.6 Å². The molecule has 1 N–H and O–H groups in total. The van der Waals surface area contributed by atoms with E-state index in [2.05, 4.69) is 11.4 Å². The van der Waals surface area contributed by atoms with Gasteiger partial charge in [-0.2, -0.15) is 15.8 Å². The molecule has 0 atom stereocenters. The van der Waals surface area contributed by atoms with E-state index in [4.69, 9.17) is 14.7 Å². The van der Waals surface area contributed by atoms with Crippen LogP contribution >= 0.6 is 11.3 Å². The van der Waals surface area contributed by atoms with E-state index in [-0.39, 0.29) is 12.2 Å². The van der Waals surface area contributed by atoms with Crippen molar-refractivity contribution >= 4 is 28.3 Å². The lowest BCUT2D eigenvalue weighted by Gasteiger charge is -2.09. The largest absolute Gasteiger partial charge is 0.493 e. The van der Waals surface area contributed by atoms with E-state index in [9.17, 15) is 15.3 Å². The third kappa shape index (κ3) is 4.43. The second kappa shape index (κ2) is 9.60. The Hall–Kier alpha value is -3.80. The fourth-order valence-corrected chi connectivity index (χ4v) is 4.50. The van der Waals surface area contributed by atoms with Crippen LogP contribution < -0.4 is 14.8 Å². The van der Waals surface area contributed by atoms with Gasteiger partial charge >= 0.3 is 0 Å². The Morgan fingerprint density at radius 2 is 2.03 bits per heavy atom. The summed E-state index contributed by atoms with van der Waals surface area (Å²) in [5, 5.41) is 30.9. The Morgan fingerprint density at radius 3 is 2.73 bits per heavy atom. The number of rotatable bonds is 6. The van der Waals surface area contributed by atoms with Gasteiger partial charge < -0.3 is 14.8 Å². The maximum Gasteiger partial charge on any atom is 0.266 e. The molecule has 0 bridgehead atoms. The van der Waals surface area contributed by atoms with E-state index < -0.39 is 5.91 Å². The number of aryl methyl sites for hydroxylation is 1. The highest BCUT2D eigenvalue weighted by molar-refractivity contribution is 7.16. The fraction of sp³-hybridized carbons (Fsp3) is 0.273. The highest BCUT2D eigenvalue weighted by atomic mass is 32.1. The first-order valence-corrected chi connectivity index (χ1v) is 10.1. The highest BCUT2D eigenvalue weighted by Gasteiger charge is 2.22. The number of thiophene rings is 1. The molecular weight excluding hydrogens is 400 g/mol. The summed E-state index contributed by atoms with van der Waals surface area (Å²) >= 11 is 1.41. The Bertz CT molecular complexity index is 1130. The maximum absolute atomic E-state index is 12.7. The molecule has 7 nitrogen and oxygen atoms in total. The molecule has 0 saturated heterocycles. The minimum atomic E-state index is -0.573. The number of anilines is 1. The van der Waals surface area contributed by atoms with Gasteiger partial charge in [0.1, 0.15) is 28.8 Å². The van der Waals surface area contributed by atoms with Gasteiger partial charge in [-0.3, -0.25) is 4.79 Å². The second-order valence-corrected chi connectivity index (χ2v) is 7.61. The predicted octanol–water partition coefficient (Wildman–Crippen LogP) is 3.96. The summed E-state index contributed by atoms with van der Waals surface area (Å²) < 4.78 is 10.5. The van der Waals surface area contributed by atoms with Crippen LogP contribution in [0.25, 0.3) is 6.08 Å². The number of nitrogens with zero attached hydrogens (tertiary/aromatic N) is 3. The highest BCUT2D eigenvalue weighted by Crippen LogP contribution is 2.38. The third-order valence-electron chi connectivity index (χ3n) is 4.67. The average Bonchev–Trinajstić information content (AvgIpc) is 3.12. The molecule has 0 aliphatic heterocycles. The topological polar surface area (TPSA) is 119 Å². The number of methoxy groups -OCH3 is 1. The van der Waals surface area contributed by atoms with Crippen molar-refractivity contribution in [2.45, 2.75) is 25.7 Å². The van der Waals surface area contributed by atoms with Crippen molar-refractivity contribution in [3.63, 3.8) is 0 Å². The second-order valence-electron chi connectivity index (χ2n) is 6.51. The summed E-state index contributed by atoms with van der Waals surface area (Å²) in [6, 6.07) is 10.9. The van der Waals surface area contributed by atoms with E-state index in [1.54, 1.807) is 18.2 Å². The maximum atomic E-state index is 12.7. The number of carbonyl (C=O) groups excluding carboxylic acids is 1. The van der Waals surface area contributed by atoms with E-state index >= 15 is 0 Å². The van der Waals surface area contributed by atoms with Crippen molar-refractivity contribution < 1.29 is 14.3 Å². The Labute approximate surface area is 178 Å². The average molecular weight is 418 g/mol. The smallest absolute Gasteiger partial charge is 0.266 e. The molecule has 1 aromatic carbocycles. The standard InChI is InChI=1S/C22H18N4O3S/c1-28-19-11-14(6-7-18(19)29-9-8-23)10-15(12-24)21(27)26-22-17(13-25)16-4-2-3-5-20(16)30-22/h6-7,10-11H,2-5,9H2,1H3,(H,26,27)/b15-10+. The lowest BCUT2D eigenvalue weighted by molar-refractivity contribution is -0.112. The molecule has 2 aromatic rings. The number of benzene rings is 1. The van der Waals surface area contributed by atoms with Gasteiger partial charge in [0.05, 0.1) is 12.7 Å². The van der Waals surface area contributed by atoms with Crippen LogP contribution in [0.2, 0.25) is 0 Å². The van der Waals surface area contributed by atoms with Crippen LogP contribution in [0.5, 0.6) is 11.5 Å². The van der Waals surface area contributed by atoms with Crippen LogP contribution in [0.15, 0.2) is 23.8 Å². The number of ether oxygens (including phenoxy) is 2. The van der Waals surface area contributed by atoms with Gasteiger partial charge in [0, 0.05) is 4.88 Å². The molecule has 0 fully saturated rings. The first kappa shape index (κ1) is 20.9. The molecule has 1 amide bonds. The normalized spacial score (nSPS) is 12.7. The van der Waals surface area contributed by atoms with Crippen LogP contribution in [-0.4, -0.2) is 19.6 Å². The van der Waals surface area contributed by atoms with E-state index in [1.165, 1.54) is 24.5 Å². The van der Waals surface area contributed by atoms with Crippen molar-refractivity contribution in [1.29, 1.82) is 15.8 Å². The molecule has 0 unspecified atom stereocenters. The van der Waals surface area contributed by atoms with Gasteiger partial charge in [-0.15, -0.1) is 11.3 Å². The molecule has 0 spiro atoms. The van der Waals surface area contributed by atoms with Crippen molar-refractivity contribution in [2.24, 2.45) is 0 Å². The SMILES string of the molecule is COc1cc(/C=C(\C#N)C(=O)Nc2sc3c(c2C#N)CCCC3)ccc1OCC#N. The van der Waals surface area contributed by atoms with Crippen molar-refractivity contribution in [3.8, 4) is 29.7 Å².